The predicted molar refractivity (Wildman–Crippen MR) is 104 cm³/mol. The Morgan fingerprint density at radius 1 is 1.14 bits per heavy atom. The molecular formula is C21H19FN2O5. The molecule has 0 aliphatic carbocycles. The van der Waals surface area contributed by atoms with Crippen LogP contribution in [0.3, 0.4) is 0 Å². The molecule has 3 aromatic rings. The maximum Gasteiger partial charge on any atom is 0.291 e. The van der Waals surface area contributed by atoms with E-state index in [0.29, 0.717) is 37.3 Å². The number of fused-ring (bicyclic) bond motifs is 1. The van der Waals surface area contributed by atoms with Crippen LogP contribution in [-0.4, -0.2) is 50.1 Å². The van der Waals surface area contributed by atoms with E-state index in [1.807, 2.05) is 0 Å². The van der Waals surface area contributed by atoms with E-state index in [-0.39, 0.29) is 28.7 Å². The number of ether oxygens (including phenoxy) is 2. The third kappa shape index (κ3) is 3.66. The van der Waals surface area contributed by atoms with Crippen LogP contribution in [0.25, 0.3) is 11.0 Å². The van der Waals surface area contributed by atoms with Gasteiger partial charge in [0.2, 0.25) is 5.76 Å². The molecule has 0 spiro atoms. The molecule has 1 aromatic heterocycles. The van der Waals surface area contributed by atoms with Crippen molar-refractivity contribution in [2.75, 3.05) is 38.7 Å². The first-order valence-corrected chi connectivity index (χ1v) is 9.12. The number of rotatable bonds is 4. The number of halogens is 1. The zero-order chi connectivity index (χ0) is 20.4. The van der Waals surface area contributed by atoms with Gasteiger partial charge in [-0.15, -0.1) is 0 Å². The number of carbonyl (C=O) groups excluding carboxylic acids is 2. The Kier molecular flexibility index (Phi) is 5.18. The second-order valence-corrected chi connectivity index (χ2v) is 6.51. The zero-order valence-corrected chi connectivity index (χ0v) is 15.7. The number of nitrogens with zero attached hydrogens (tertiary/aromatic N) is 1. The normalized spacial score (nSPS) is 14.1. The van der Waals surface area contributed by atoms with Crippen molar-refractivity contribution < 1.29 is 27.9 Å². The Labute approximate surface area is 166 Å². The molecule has 2 aromatic carbocycles. The average molecular weight is 398 g/mol. The molecule has 150 valence electrons. The zero-order valence-electron chi connectivity index (χ0n) is 15.7. The lowest BCUT2D eigenvalue weighted by Gasteiger charge is -2.26. The molecule has 1 N–H and O–H groups in total. The van der Waals surface area contributed by atoms with Gasteiger partial charge in [-0.05, 0) is 30.3 Å². The molecule has 8 heteroatoms. The predicted octanol–water partition coefficient (Wildman–Crippen LogP) is 3.31. The van der Waals surface area contributed by atoms with Gasteiger partial charge in [-0.1, -0.05) is 12.1 Å². The topological polar surface area (TPSA) is 81.0 Å². The fourth-order valence-electron chi connectivity index (χ4n) is 3.22. The van der Waals surface area contributed by atoms with Crippen LogP contribution in [0.15, 0.2) is 46.9 Å². The van der Waals surface area contributed by atoms with Crippen LogP contribution >= 0.6 is 0 Å². The highest BCUT2D eigenvalue weighted by atomic mass is 19.1. The summed E-state index contributed by atoms with van der Waals surface area (Å²) in [5.41, 5.74) is 0.831. The molecule has 0 saturated carbocycles. The second kappa shape index (κ2) is 7.92. The number of morpholine rings is 1. The lowest BCUT2D eigenvalue weighted by atomic mass is 10.1. The summed E-state index contributed by atoms with van der Waals surface area (Å²) >= 11 is 0. The molecule has 2 heterocycles. The monoisotopic (exact) mass is 398 g/mol. The Morgan fingerprint density at radius 3 is 2.62 bits per heavy atom. The number of hydrogen-bond donors (Lipinski definition) is 1. The van der Waals surface area contributed by atoms with Crippen LogP contribution in [0.5, 0.6) is 5.75 Å². The van der Waals surface area contributed by atoms with Gasteiger partial charge in [0, 0.05) is 24.0 Å². The van der Waals surface area contributed by atoms with Crippen LogP contribution in [-0.2, 0) is 4.74 Å². The Hall–Kier alpha value is -3.39. The first kappa shape index (κ1) is 18.9. The largest absolute Gasteiger partial charge is 0.494 e. The highest BCUT2D eigenvalue weighted by Crippen LogP contribution is 2.32. The molecule has 29 heavy (non-hydrogen) atoms. The van der Waals surface area contributed by atoms with E-state index in [0.717, 1.165) is 6.07 Å². The molecular weight excluding hydrogens is 379 g/mol. The summed E-state index contributed by atoms with van der Waals surface area (Å²) < 4.78 is 29.9. The van der Waals surface area contributed by atoms with E-state index in [2.05, 4.69) is 5.32 Å². The summed E-state index contributed by atoms with van der Waals surface area (Å²) in [6, 6.07) is 10.9. The molecule has 4 rings (SSSR count). The highest BCUT2D eigenvalue weighted by Gasteiger charge is 2.27. The van der Waals surface area contributed by atoms with E-state index in [1.54, 1.807) is 29.2 Å². The van der Waals surface area contributed by atoms with E-state index in [9.17, 15) is 14.0 Å². The average Bonchev–Trinajstić information content (AvgIpc) is 3.12. The van der Waals surface area contributed by atoms with Crippen LogP contribution < -0.4 is 10.1 Å². The molecule has 0 atom stereocenters. The van der Waals surface area contributed by atoms with E-state index in [4.69, 9.17) is 13.9 Å². The van der Waals surface area contributed by atoms with Crippen molar-refractivity contribution in [2.45, 2.75) is 0 Å². The van der Waals surface area contributed by atoms with Crippen LogP contribution in [0.4, 0.5) is 10.1 Å². The smallest absolute Gasteiger partial charge is 0.291 e. The minimum Gasteiger partial charge on any atom is -0.494 e. The number of para-hydroxylation sites is 1. The fourth-order valence-corrected chi connectivity index (χ4v) is 3.22. The number of amides is 2. The Bertz CT molecular complexity index is 1070. The van der Waals surface area contributed by atoms with Crippen LogP contribution in [0.1, 0.15) is 20.9 Å². The van der Waals surface area contributed by atoms with Crippen LogP contribution in [0, 0.1) is 5.82 Å². The summed E-state index contributed by atoms with van der Waals surface area (Å²) in [5, 5.41) is 3.30. The summed E-state index contributed by atoms with van der Waals surface area (Å²) in [6.07, 6.45) is 0. The summed E-state index contributed by atoms with van der Waals surface area (Å²) in [4.78, 5) is 27.4. The van der Waals surface area contributed by atoms with Crippen molar-refractivity contribution in [1.82, 2.24) is 4.90 Å². The van der Waals surface area contributed by atoms with Gasteiger partial charge in [0.05, 0.1) is 20.3 Å². The Morgan fingerprint density at radius 2 is 1.90 bits per heavy atom. The van der Waals surface area contributed by atoms with Gasteiger partial charge in [0.25, 0.3) is 11.8 Å². The number of nitrogens with one attached hydrogen (secondary N) is 1. The molecule has 7 nitrogen and oxygen atoms in total. The molecule has 1 aliphatic rings. The van der Waals surface area contributed by atoms with Crippen molar-refractivity contribution in [3.63, 3.8) is 0 Å². The SMILES string of the molecule is COc1ccc(C(=O)Nc2c(C(=O)N3CCOCC3)oc3ccccc23)cc1F. The molecule has 0 unspecified atom stereocenters. The quantitative estimate of drug-likeness (QED) is 0.729. The summed E-state index contributed by atoms with van der Waals surface area (Å²) in [7, 11) is 1.35. The third-order valence-electron chi connectivity index (χ3n) is 4.74. The standard InChI is InChI=1S/C21H19FN2O5/c1-27-17-7-6-13(12-15(17)22)20(25)23-18-14-4-2-3-5-16(14)29-19(18)21(26)24-8-10-28-11-9-24/h2-7,12H,8-11H2,1H3,(H,23,25). The molecule has 0 bridgehead atoms. The Balaban J connectivity index is 1.69. The van der Waals surface area contributed by atoms with Gasteiger partial charge in [0.15, 0.2) is 11.6 Å². The number of hydrogen-bond acceptors (Lipinski definition) is 5. The maximum atomic E-state index is 14.0. The molecule has 1 saturated heterocycles. The number of furan rings is 1. The fraction of sp³-hybridized carbons (Fsp3) is 0.238. The third-order valence-corrected chi connectivity index (χ3v) is 4.74. The van der Waals surface area contributed by atoms with Crippen molar-refractivity contribution in [3.05, 3.63) is 59.6 Å². The van der Waals surface area contributed by atoms with Crippen LogP contribution in [0.2, 0.25) is 0 Å². The van der Waals surface area contributed by atoms with Gasteiger partial charge in [-0.2, -0.15) is 0 Å². The van der Waals surface area contributed by atoms with Gasteiger partial charge in [-0.3, -0.25) is 9.59 Å². The van der Waals surface area contributed by atoms with E-state index in [1.165, 1.54) is 19.2 Å². The van der Waals surface area contributed by atoms with E-state index >= 15 is 0 Å². The second-order valence-electron chi connectivity index (χ2n) is 6.51. The number of carbonyl (C=O) groups is 2. The van der Waals surface area contributed by atoms with Crippen molar-refractivity contribution in [3.8, 4) is 5.75 Å². The minimum atomic E-state index is -0.651. The van der Waals surface area contributed by atoms with Crippen molar-refractivity contribution >= 4 is 28.5 Å². The molecule has 0 radical (unpaired) electrons. The molecule has 2 amide bonds. The van der Waals surface area contributed by atoms with E-state index < -0.39 is 11.7 Å². The number of anilines is 1. The first-order valence-electron chi connectivity index (χ1n) is 9.12. The lowest BCUT2D eigenvalue weighted by Crippen LogP contribution is -2.40. The molecule has 1 fully saturated rings. The van der Waals surface area contributed by atoms with Crippen molar-refractivity contribution in [2.24, 2.45) is 0 Å². The number of methoxy groups -OCH3 is 1. The lowest BCUT2D eigenvalue weighted by molar-refractivity contribution is 0.0285. The minimum absolute atomic E-state index is 0.0374. The van der Waals surface area contributed by atoms with Gasteiger partial charge >= 0.3 is 0 Å². The summed E-state index contributed by atoms with van der Waals surface area (Å²) in [6.45, 7) is 1.76. The maximum absolute atomic E-state index is 14.0. The summed E-state index contributed by atoms with van der Waals surface area (Å²) in [5.74, 6) is -1.47. The first-order chi connectivity index (χ1) is 14.1. The molecule has 1 aliphatic heterocycles. The van der Waals surface area contributed by atoms with Gasteiger partial charge in [-0.25, -0.2) is 4.39 Å². The van der Waals surface area contributed by atoms with Crippen molar-refractivity contribution in [1.29, 1.82) is 0 Å². The highest BCUT2D eigenvalue weighted by molar-refractivity contribution is 6.14. The van der Waals surface area contributed by atoms with Gasteiger partial charge in [0.1, 0.15) is 11.3 Å². The number of benzene rings is 2. The van der Waals surface area contributed by atoms with Gasteiger partial charge < -0.3 is 24.1 Å².